The second-order valence-corrected chi connectivity index (χ2v) is 6.00. The molecule has 4 rings (SSSR count). The minimum absolute atomic E-state index is 0.00556. The molecule has 1 aromatic carbocycles. The van der Waals surface area contributed by atoms with Crippen LogP contribution in [0.5, 0.6) is 5.75 Å². The molecule has 8 heteroatoms. The van der Waals surface area contributed by atoms with Crippen molar-refractivity contribution in [1.29, 1.82) is 0 Å². The van der Waals surface area contributed by atoms with Crippen LogP contribution in [0.3, 0.4) is 0 Å². The van der Waals surface area contributed by atoms with E-state index in [2.05, 4.69) is 20.4 Å². The van der Waals surface area contributed by atoms with Crippen LogP contribution < -0.4 is 10.1 Å². The van der Waals surface area contributed by atoms with Crippen LogP contribution >= 0.6 is 0 Å². The Morgan fingerprint density at radius 3 is 2.72 bits per heavy atom. The standard InChI is InChI=1S/C21H15FN4O3/c22-16-5-2-1-4-15(16)19-12-17(26-29-19)21(27)25-20-18(6-3-9-24-20)28-13-14-7-10-23-11-8-14/h1-12H,13H2,(H,24,25,27). The largest absolute Gasteiger partial charge is 0.485 e. The summed E-state index contributed by atoms with van der Waals surface area (Å²) >= 11 is 0. The number of carbonyl (C=O) groups excluding carboxylic acids is 1. The number of anilines is 1. The number of ether oxygens (including phenoxy) is 1. The number of pyridine rings is 2. The molecule has 0 radical (unpaired) electrons. The second kappa shape index (κ2) is 8.30. The molecule has 0 atom stereocenters. The first kappa shape index (κ1) is 18.3. The molecule has 0 spiro atoms. The van der Waals surface area contributed by atoms with E-state index in [0.717, 1.165) is 5.56 Å². The van der Waals surface area contributed by atoms with E-state index in [1.54, 1.807) is 42.7 Å². The zero-order valence-electron chi connectivity index (χ0n) is 15.1. The molecule has 0 saturated carbocycles. The number of hydrogen-bond acceptors (Lipinski definition) is 6. The predicted octanol–water partition coefficient (Wildman–Crippen LogP) is 4.10. The SMILES string of the molecule is O=C(Nc1ncccc1OCc1ccncc1)c1cc(-c2ccccc2F)on1. The highest BCUT2D eigenvalue weighted by Gasteiger charge is 2.18. The molecule has 0 fully saturated rings. The number of nitrogens with zero attached hydrogens (tertiary/aromatic N) is 3. The molecule has 0 aliphatic heterocycles. The fraction of sp³-hybridized carbons (Fsp3) is 0.0476. The van der Waals surface area contributed by atoms with Crippen LogP contribution in [0.25, 0.3) is 11.3 Å². The molecule has 0 aliphatic rings. The van der Waals surface area contributed by atoms with E-state index >= 15 is 0 Å². The van der Waals surface area contributed by atoms with Gasteiger partial charge >= 0.3 is 0 Å². The normalized spacial score (nSPS) is 10.5. The van der Waals surface area contributed by atoms with E-state index in [-0.39, 0.29) is 22.8 Å². The molecule has 1 N–H and O–H groups in total. The highest BCUT2D eigenvalue weighted by Crippen LogP contribution is 2.25. The number of aromatic nitrogens is 3. The van der Waals surface area contributed by atoms with Crippen LogP contribution in [0, 0.1) is 5.82 Å². The van der Waals surface area contributed by atoms with E-state index in [1.807, 2.05) is 12.1 Å². The minimum atomic E-state index is -0.552. The van der Waals surface area contributed by atoms with Crippen LogP contribution in [0.1, 0.15) is 16.1 Å². The van der Waals surface area contributed by atoms with Crippen molar-refractivity contribution in [3.05, 3.63) is 90.3 Å². The van der Waals surface area contributed by atoms with E-state index in [1.165, 1.54) is 18.3 Å². The van der Waals surface area contributed by atoms with E-state index in [0.29, 0.717) is 12.4 Å². The quantitative estimate of drug-likeness (QED) is 0.533. The Labute approximate surface area is 165 Å². The predicted molar refractivity (Wildman–Crippen MR) is 103 cm³/mol. The first-order valence-corrected chi connectivity index (χ1v) is 8.70. The first-order chi connectivity index (χ1) is 14.2. The Hall–Kier alpha value is -4.07. The first-order valence-electron chi connectivity index (χ1n) is 8.70. The fourth-order valence-corrected chi connectivity index (χ4v) is 2.58. The highest BCUT2D eigenvalue weighted by molar-refractivity contribution is 6.03. The molecule has 0 aliphatic carbocycles. The summed E-state index contributed by atoms with van der Waals surface area (Å²) in [4.78, 5) is 20.6. The fourth-order valence-electron chi connectivity index (χ4n) is 2.58. The van der Waals surface area contributed by atoms with Crippen molar-refractivity contribution in [2.75, 3.05) is 5.32 Å². The average molecular weight is 390 g/mol. The van der Waals surface area contributed by atoms with Gasteiger partial charge in [-0.05, 0) is 42.0 Å². The lowest BCUT2D eigenvalue weighted by Crippen LogP contribution is -2.14. The molecular formula is C21H15FN4O3. The minimum Gasteiger partial charge on any atom is -0.485 e. The van der Waals surface area contributed by atoms with Gasteiger partial charge in [0.05, 0.1) is 5.56 Å². The van der Waals surface area contributed by atoms with E-state index < -0.39 is 11.7 Å². The summed E-state index contributed by atoms with van der Waals surface area (Å²) in [5.74, 6) is -0.225. The molecule has 29 heavy (non-hydrogen) atoms. The van der Waals surface area contributed by atoms with Crippen molar-refractivity contribution in [3.8, 4) is 17.1 Å². The topological polar surface area (TPSA) is 90.1 Å². The van der Waals surface area contributed by atoms with Gasteiger partial charge in [-0.2, -0.15) is 0 Å². The Morgan fingerprint density at radius 1 is 1.07 bits per heavy atom. The third kappa shape index (κ3) is 4.27. The molecule has 3 heterocycles. The third-order valence-corrected chi connectivity index (χ3v) is 4.03. The van der Waals surface area contributed by atoms with Gasteiger partial charge in [-0.15, -0.1) is 0 Å². The van der Waals surface area contributed by atoms with Gasteiger partial charge in [0.2, 0.25) is 0 Å². The van der Waals surface area contributed by atoms with Gasteiger partial charge < -0.3 is 14.6 Å². The molecule has 0 unspecified atom stereocenters. The molecular weight excluding hydrogens is 375 g/mol. The summed E-state index contributed by atoms with van der Waals surface area (Å²) in [5.41, 5.74) is 1.14. The molecule has 3 aromatic heterocycles. The van der Waals surface area contributed by atoms with Crippen molar-refractivity contribution in [2.24, 2.45) is 0 Å². The van der Waals surface area contributed by atoms with Crippen LogP contribution in [0.2, 0.25) is 0 Å². The lowest BCUT2D eigenvalue weighted by molar-refractivity contribution is 0.101. The molecule has 4 aromatic rings. The Bertz CT molecular complexity index is 1130. The van der Waals surface area contributed by atoms with Crippen LogP contribution in [-0.2, 0) is 6.61 Å². The number of nitrogens with one attached hydrogen (secondary N) is 1. The van der Waals surface area contributed by atoms with Crippen molar-refractivity contribution >= 4 is 11.7 Å². The maximum atomic E-state index is 13.9. The molecule has 1 amide bonds. The number of carbonyl (C=O) groups is 1. The number of benzene rings is 1. The highest BCUT2D eigenvalue weighted by atomic mass is 19.1. The van der Waals surface area contributed by atoms with Crippen molar-refractivity contribution in [2.45, 2.75) is 6.61 Å². The van der Waals surface area contributed by atoms with Gasteiger partial charge in [0, 0.05) is 24.7 Å². The Morgan fingerprint density at radius 2 is 1.90 bits per heavy atom. The molecule has 0 bridgehead atoms. The number of amides is 1. The van der Waals surface area contributed by atoms with Gasteiger partial charge in [-0.1, -0.05) is 17.3 Å². The third-order valence-electron chi connectivity index (χ3n) is 4.03. The summed E-state index contributed by atoms with van der Waals surface area (Å²) in [7, 11) is 0. The summed E-state index contributed by atoms with van der Waals surface area (Å²) in [6.07, 6.45) is 4.87. The maximum Gasteiger partial charge on any atom is 0.279 e. The number of hydrogen-bond donors (Lipinski definition) is 1. The molecule has 7 nitrogen and oxygen atoms in total. The van der Waals surface area contributed by atoms with Crippen molar-refractivity contribution in [1.82, 2.24) is 15.1 Å². The summed E-state index contributed by atoms with van der Waals surface area (Å²) in [5, 5.41) is 6.36. The number of rotatable bonds is 6. The van der Waals surface area contributed by atoms with Gasteiger partial charge in [-0.25, -0.2) is 9.37 Å². The summed E-state index contributed by atoms with van der Waals surface area (Å²) in [6.45, 7) is 0.290. The summed E-state index contributed by atoms with van der Waals surface area (Å²) in [6, 6.07) is 14.5. The second-order valence-electron chi connectivity index (χ2n) is 6.00. The van der Waals surface area contributed by atoms with Gasteiger partial charge in [-0.3, -0.25) is 9.78 Å². The monoisotopic (exact) mass is 390 g/mol. The van der Waals surface area contributed by atoms with Crippen LogP contribution in [-0.4, -0.2) is 21.0 Å². The lowest BCUT2D eigenvalue weighted by atomic mass is 10.1. The zero-order chi connectivity index (χ0) is 20.1. The number of halogens is 1. The maximum absolute atomic E-state index is 13.9. The Kier molecular flexibility index (Phi) is 5.24. The summed E-state index contributed by atoms with van der Waals surface area (Å²) < 4.78 is 24.8. The van der Waals surface area contributed by atoms with E-state index in [9.17, 15) is 9.18 Å². The smallest absolute Gasteiger partial charge is 0.279 e. The Balaban J connectivity index is 1.48. The van der Waals surface area contributed by atoms with E-state index in [4.69, 9.17) is 9.26 Å². The van der Waals surface area contributed by atoms with Crippen molar-refractivity contribution < 1.29 is 18.4 Å². The zero-order valence-corrected chi connectivity index (χ0v) is 15.1. The van der Waals surface area contributed by atoms with Crippen LogP contribution in [0.4, 0.5) is 10.2 Å². The molecule has 144 valence electrons. The lowest BCUT2D eigenvalue weighted by Gasteiger charge is -2.10. The van der Waals surface area contributed by atoms with Crippen molar-refractivity contribution in [3.63, 3.8) is 0 Å². The van der Waals surface area contributed by atoms with Gasteiger partial charge in [0.25, 0.3) is 5.91 Å². The molecule has 0 saturated heterocycles. The van der Waals surface area contributed by atoms with Crippen LogP contribution in [0.15, 0.2) is 77.7 Å². The average Bonchev–Trinajstić information content (AvgIpc) is 3.24. The van der Waals surface area contributed by atoms with Gasteiger partial charge in [0.15, 0.2) is 23.0 Å². The van der Waals surface area contributed by atoms with Gasteiger partial charge in [0.1, 0.15) is 12.4 Å².